The average Bonchev–Trinajstić information content (AvgIpc) is 3.33. The molecule has 1 aliphatic carbocycles. The molecule has 7 heteroatoms. The summed E-state index contributed by atoms with van der Waals surface area (Å²) in [7, 11) is 1.92. The van der Waals surface area contributed by atoms with Gasteiger partial charge in [0.15, 0.2) is 0 Å². The summed E-state index contributed by atoms with van der Waals surface area (Å²) >= 11 is 0. The number of alkyl halides is 2. The van der Waals surface area contributed by atoms with Crippen LogP contribution in [0.1, 0.15) is 31.0 Å². The Bertz CT molecular complexity index is 788. The Morgan fingerprint density at radius 3 is 2.77 bits per heavy atom. The molecule has 138 valence electrons. The fourth-order valence-corrected chi connectivity index (χ4v) is 2.95. The third-order valence-corrected chi connectivity index (χ3v) is 4.45. The second-order valence-corrected chi connectivity index (χ2v) is 6.93. The minimum Gasteiger partial charge on any atom is -0.460 e. The van der Waals surface area contributed by atoms with Gasteiger partial charge in [0.25, 0.3) is 12.4 Å². The molecule has 26 heavy (non-hydrogen) atoms. The molecule has 0 atom stereocenters. The van der Waals surface area contributed by atoms with Crippen LogP contribution in [0.5, 0.6) is 0 Å². The Morgan fingerprint density at radius 2 is 2.12 bits per heavy atom. The zero-order chi connectivity index (χ0) is 18.8. The van der Waals surface area contributed by atoms with E-state index in [1.165, 1.54) is 12.1 Å². The second-order valence-electron chi connectivity index (χ2n) is 6.93. The molecular formula is C19H21F2N3O2. The van der Waals surface area contributed by atoms with Crippen LogP contribution >= 0.6 is 0 Å². The first-order chi connectivity index (χ1) is 12.3. The smallest absolute Gasteiger partial charge is 0.293 e. The van der Waals surface area contributed by atoms with Gasteiger partial charge in [-0.1, -0.05) is 18.2 Å². The lowest BCUT2D eigenvalue weighted by Crippen LogP contribution is -2.32. The number of rotatable bonds is 8. The average molecular weight is 361 g/mol. The van der Waals surface area contributed by atoms with E-state index in [9.17, 15) is 13.6 Å². The molecule has 2 aromatic rings. The van der Waals surface area contributed by atoms with Crippen LogP contribution in [0.3, 0.4) is 0 Å². The third kappa shape index (κ3) is 4.40. The molecule has 0 amide bonds. The molecule has 1 aromatic heterocycles. The molecular weight excluding hydrogens is 340 g/mol. The molecule has 0 unspecified atom stereocenters. The molecule has 0 saturated heterocycles. The normalized spacial score (nSPS) is 15.7. The number of ether oxygens (including phenoxy) is 1. The van der Waals surface area contributed by atoms with E-state index >= 15 is 0 Å². The Kier molecular flexibility index (Phi) is 5.00. The highest BCUT2D eigenvalue weighted by Crippen LogP contribution is 2.39. The SMILES string of the molecule is CN(Cc1cncc(-c2cccc(C(C)(F)F)c2)n1)CC1(OC=O)CC1. The number of aromatic nitrogens is 2. The summed E-state index contributed by atoms with van der Waals surface area (Å²) in [6.07, 6.45) is 4.94. The third-order valence-electron chi connectivity index (χ3n) is 4.45. The van der Waals surface area contributed by atoms with Crippen molar-refractivity contribution < 1.29 is 18.3 Å². The van der Waals surface area contributed by atoms with Crippen molar-refractivity contribution in [2.45, 2.75) is 37.8 Å². The fourth-order valence-electron chi connectivity index (χ4n) is 2.95. The van der Waals surface area contributed by atoms with Crippen LogP contribution in [-0.2, 0) is 22.0 Å². The van der Waals surface area contributed by atoms with Crippen molar-refractivity contribution in [3.63, 3.8) is 0 Å². The molecule has 1 fully saturated rings. The van der Waals surface area contributed by atoms with E-state index in [1.54, 1.807) is 24.5 Å². The van der Waals surface area contributed by atoms with E-state index in [0.717, 1.165) is 25.5 Å². The zero-order valence-electron chi connectivity index (χ0n) is 14.8. The van der Waals surface area contributed by atoms with Gasteiger partial charge in [0.2, 0.25) is 0 Å². The first-order valence-electron chi connectivity index (χ1n) is 8.41. The Morgan fingerprint density at radius 1 is 1.35 bits per heavy atom. The Labute approximate surface area is 151 Å². The Hall–Kier alpha value is -2.41. The first kappa shape index (κ1) is 18.4. The summed E-state index contributed by atoms with van der Waals surface area (Å²) in [5, 5.41) is 0. The van der Waals surface area contributed by atoms with Gasteiger partial charge in [0.05, 0.1) is 17.6 Å². The zero-order valence-corrected chi connectivity index (χ0v) is 14.8. The number of hydrogen-bond acceptors (Lipinski definition) is 5. The second kappa shape index (κ2) is 7.07. The molecule has 0 bridgehead atoms. The van der Waals surface area contributed by atoms with E-state index < -0.39 is 5.92 Å². The number of carbonyl (C=O) groups is 1. The van der Waals surface area contributed by atoms with Gasteiger partial charge in [-0.15, -0.1) is 0 Å². The summed E-state index contributed by atoms with van der Waals surface area (Å²) < 4.78 is 32.3. The Balaban J connectivity index is 1.73. The lowest BCUT2D eigenvalue weighted by atomic mass is 10.0. The molecule has 1 aromatic carbocycles. The summed E-state index contributed by atoms with van der Waals surface area (Å²) in [6.45, 7) is 2.51. The van der Waals surface area contributed by atoms with Crippen LogP contribution in [0.4, 0.5) is 8.78 Å². The fraction of sp³-hybridized carbons (Fsp3) is 0.421. The molecule has 0 radical (unpaired) electrons. The van der Waals surface area contributed by atoms with Gasteiger partial charge in [-0.3, -0.25) is 14.7 Å². The number of likely N-dealkylation sites (N-methyl/N-ethyl adjacent to an activating group) is 1. The van der Waals surface area contributed by atoms with Gasteiger partial charge in [0.1, 0.15) is 5.60 Å². The molecule has 1 heterocycles. The van der Waals surface area contributed by atoms with Crippen molar-refractivity contribution >= 4 is 6.47 Å². The number of halogens is 2. The van der Waals surface area contributed by atoms with Gasteiger partial charge in [-0.25, -0.2) is 13.8 Å². The molecule has 5 nitrogen and oxygen atoms in total. The molecule has 0 aliphatic heterocycles. The summed E-state index contributed by atoms with van der Waals surface area (Å²) in [5.74, 6) is -2.90. The summed E-state index contributed by atoms with van der Waals surface area (Å²) in [4.78, 5) is 21.3. The maximum absolute atomic E-state index is 13.5. The van der Waals surface area contributed by atoms with Crippen molar-refractivity contribution in [2.75, 3.05) is 13.6 Å². The predicted octanol–water partition coefficient (Wildman–Crippen LogP) is 3.39. The predicted molar refractivity (Wildman–Crippen MR) is 92.5 cm³/mol. The highest BCUT2D eigenvalue weighted by atomic mass is 19.3. The number of nitrogens with zero attached hydrogens (tertiary/aromatic N) is 3. The van der Waals surface area contributed by atoms with Gasteiger partial charge < -0.3 is 4.74 Å². The van der Waals surface area contributed by atoms with Crippen molar-refractivity contribution in [1.29, 1.82) is 0 Å². The number of carbonyl (C=O) groups excluding carboxylic acids is 1. The van der Waals surface area contributed by atoms with Gasteiger partial charge in [0, 0.05) is 37.3 Å². The van der Waals surface area contributed by atoms with E-state index in [4.69, 9.17) is 4.74 Å². The van der Waals surface area contributed by atoms with Crippen molar-refractivity contribution in [3.8, 4) is 11.3 Å². The highest BCUT2D eigenvalue weighted by Gasteiger charge is 2.46. The van der Waals surface area contributed by atoms with Gasteiger partial charge in [-0.05, 0) is 26.0 Å². The van der Waals surface area contributed by atoms with E-state index in [0.29, 0.717) is 30.8 Å². The van der Waals surface area contributed by atoms with Crippen molar-refractivity contribution in [1.82, 2.24) is 14.9 Å². The van der Waals surface area contributed by atoms with Crippen LogP contribution in [-0.4, -0.2) is 40.5 Å². The van der Waals surface area contributed by atoms with Gasteiger partial charge >= 0.3 is 0 Å². The summed E-state index contributed by atoms with van der Waals surface area (Å²) in [5.41, 5.74) is 1.44. The number of benzene rings is 1. The van der Waals surface area contributed by atoms with Crippen LogP contribution in [0.2, 0.25) is 0 Å². The van der Waals surface area contributed by atoms with Crippen LogP contribution in [0, 0.1) is 0 Å². The summed E-state index contributed by atoms with van der Waals surface area (Å²) in [6, 6.07) is 6.17. The lowest BCUT2D eigenvalue weighted by Gasteiger charge is -2.22. The van der Waals surface area contributed by atoms with E-state index in [1.807, 2.05) is 11.9 Å². The molecule has 3 rings (SSSR count). The minimum atomic E-state index is -2.90. The molecule has 0 N–H and O–H groups in total. The van der Waals surface area contributed by atoms with Crippen LogP contribution < -0.4 is 0 Å². The molecule has 1 aliphatic rings. The monoisotopic (exact) mass is 361 g/mol. The van der Waals surface area contributed by atoms with Crippen molar-refractivity contribution in [3.05, 3.63) is 47.9 Å². The maximum atomic E-state index is 13.5. The minimum absolute atomic E-state index is 0.0546. The van der Waals surface area contributed by atoms with Crippen molar-refractivity contribution in [2.24, 2.45) is 0 Å². The maximum Gasteiger partial charge on any atom is 0.293 e. The quantitative estimate of drug-likeness (QED) is 0.675. The van der Waals surface area contributed by atoms with Gasteiger partial charge in [-0.2, -0.15) is 0 Å². The number of hydrogen-bond donors (Lipinski definition) is 0. The highest BCUT2D eigenvalue weighted by molar-refractivity contribution is 5.59. The topological polar surface area (TPSA) is 55.3 Å². The lowest BCUT2D eigenvalue weighted by molar-refractivity contribution is -0.136. The molecule has 1 saturated carbocycles. The molecule has 0 spiro atoms. The van der Waals surface area contributed by atoms with E-state index in [-0.39, 0.29) is 11.2 Å². The first-order valence-corrected chi connectivity index (χ1v) is 8.41. The standard InChI is InChI=1S/C19H21F2N3O2/c1-18(20,21)15-5-3-4-14(8-15)17-10-22-9-16(23-17)11-24(2)12-19(6-7-19)26-13-25/h3-5,8-10,13H,6-7,11-12H2,1-2H3. The largest absolute Gasteiger partial charge is 0.460 e. The van der Waals surface area contributed by atoms with Crippen LogP contribution in [0.25, 0.3) is 11.3 Å². The van der Waals surface area contributed by atoms with Crippen LogP contribution in [0.15, 0.2) is 36.7 Å². The van der Waals surface area contributed by atoms with E-state index in [2.05, 4.69) is 9.97 Å².